The summed E-state index contributed by atoms with van der Waals surface area (Å²) in [5, 5.41) is 11.6. The highest BCUT2D eigenvalue weighted by Crippen LogP contribution is 2.25. The van der Waals surface area contributed by atoms with Gasteiger partial charge in [-0.3, -0.25) is 19.3 Å². The van der Waals surface area contributed by atoms with E-state index >= 15 is 0 Å². The topological polar surface area (TPSA) is 107 Å². The molecule has 0 unspecified atom stereocenters. The predicted molar refractivity (Wildman–Crippen MR) is 75.9 cm³/mol. The minimum atomic E-state index is -0.929. The van der Waals surface area contributed by atoms with Gasteiger partial charge in [0, 0.05) is 13.1 Å². The Morgan fingerprint density at radius 3 is 2.41 bits per heavy atom. The SMILES string of the molecule is CCC1(CC)NC(=O)N(CC(=O)N2CC[C@H](C(=O)O)C2)C1=O. The first-order valence-corrected chi connectivity index (χ1v) is 7.49. The molecule has 2 aliphatic rings. The van der Waals surface area contributed by atoms with Crippen LogP contribution in [0.4, 0.5) is 4.79 Å². The monoisotopic (exact) mass is 311 g/mol. The fourth-order valence-corrected chi connectivity index (χ4v) is 2.97. The molecule has 2 saturated heterocycles. The summed E-state index contributed by atoms with van der Waals surface area (Å²) in [6.07, 6.45) is 1.32. The molecule has 2 aliphatic heterocycles. The number of nitrogens with one attached hydrogen (secondary N) is 1. The molecule has 122 valence electrons. The van der Waals surface area contributed by atoms with E-state index in [1.54, 1.807) is 0 Å². The highest BCUT2D eigenvalue weighted by Gasteiger charge is 2.49. The lowest BCUT2D eigenvalue weighted by Crippen LogP contribution is -2.47. The van der Waals surface area contributed by atoms with Crippen molar-refractivity contribution in [2.45, 2.75) is 38.6 Å². The van der Waals surface area contributed by atoms with Crippen LogP contribution >= 0.6 is 0 Å². The number of nitrogens with zero attached hydrogens (tertiary/aromatic N) is 2. The molecule has 2 N–H and O–H groups in total. The van der Waals surface area contributed by atoms with E-state index in [1.807, 2.05) is 13.8 Å². The Morgan fingerprint density at radius 2 is 1.95 bits per heavy atom. The molecule has 0 aromatic heterocycles. The minimum absolute atomic E-state index is 0.129. The number of urea groups is 1. The summed E-state index contributed by atoms with van der Waals surface area (Å²) in [5.41, 5.74) is -0.925. The third-order valence-corrected chi connectivity index (χ3v) is 4.64. The molecule has 0 radical (unpaired) electrons. The molecule has 8 nitrogen and oxygen atoms in total. The van der Waals surface area contributed by atoms with Crippen molar-refractivity contribution >= 4 is 23.8 Å². The number of carbonyl (C=O) groups excluding carboxylic acids is 3. The molecule has 0 aliphatic carbocycles. The Bertz CT molecular complexity index is 515. The smallest absolute Gasteiger partial charge is 0.325 e. The average molecular weight is 311 g/mol. The quantitative estimate of drug-likeness (QED) is 0.697. The van der Waals surface area contributed by atoms with E-state index < -0.39 is 29.4 Å². The largest absolute Gasteiger partial charge is 0.481 e. The number of rotatable bonds is 5. The molecule has 2 rings (SSSR count). The van der Waals surface area contributed by atoms with Crippen LogP contribution < -0.4 is 5.32 Å². The number of imide groups is 1. The van der Waals surface area contributed by atoms with Crippen molar-refractivity contribution in [3.63, 3.8) is 0 Å². The lowest BCUT2D eigenvalue weighted by atomic mass is 9.93. The first-order chi connectivity index (χ1) is 10.3. The highest BCUT2D eigenvalue weighted by atomic mass is 16.4. The molecule has 22 heavy (non-hydrogen) atoms. The lowest BCUT2D eigenvalue weighted by Gasteiger charge is -2.23. The summed E-state index contributed by atoms with van der Waals surface area (Å²) >= 11 is 0. The molecule has 0 aromatic rings. The van der Waals surface area contributed by atoms with Gasteiger partial charge in [0.05, 0.1) is 5.92 Å². The maximum atomic E-state index is 12.4. The molecule has 0 aromatic carbocycles. The zero-order chi connectivity index (χ0) is 16.5. The molecular weight excluding hydrogens is 290 g/mol. The van der Waals surface area contributed by atoms with Crippen molar-refractivity contribution in [1.29, 1.82) is 0 Å². The van der Waals surface area contributed by atoms with Gasteiger partial charge in [-0.25, -0.2) is 4.79 Å². The summed E-state index contributed by atoms with van der Waals surface area (Å²) in [6, 6.07) is -0.559. The number of hydrogen-bond acceptors (Lipinski definition) is 4. The van der Waals surface area contributed by atoms with Gasteiger partial charge in [-0.05, 0) is 19.3 Å². The molecule has 8 heteroatoms. The van der Waals surface area contributed by atoms with Crippen molar-refractivity contribution in [3.05, 3.63) is 0 Å². The number of carboxylic acids is 1. The second-order valence-electron chi connectivity index (χ2n) is 5.77. The molecule has 0 spiro atoms. The third kappa shape index (κ3) is 2.65. The van der Waals surface area contributed by atoms with E-state index in [1.165, 1.54) is 4.90 Å². The second kappa shape index (κ2) is 5.94. The van der Waals surface area contributed by atoms with Gasteiger partial charge in [-0.15, -0.1) is 0 Å². The number of amides is 4. The van der Waals surface area contributed by atoms with Crippen LogP contribution in [0.3, 0.4) is 0 Å². The van der Waals surface area contributed by atoms with Gasteiger partial charge in [0.1, 0.15) is 12.1 Å². The van der Waals surface area contributed by atoms with Gasteiger partial charge in [0.2, 0.25) is 5.91 Å². The van der Waals surface area contributed by atoms with E-state index in [9.17, 15) is 19.2 Å². The van der Waals surface area contributed by atoms with Crippen LogP contribution in [-0.4, -0.2) is 63.9 Å². The summed E-state index contributed by atoms with van der Waals surface area (Å²) in [6.45, 7) is 3.76. The van der Waals surface area contributed by atoms with Crippen LogP contribution in [0.1, 0.15) is 33.1 Å². The predicted octanol–water partition coefficient (Wildman–Crippen LogP) is 0.0301. The van der Waals surface area contributed by atoms with Crippen molar-refractivity contribution in [2.24, 2.45) is 5.92 Å². The fourth-order valence-electron chi connectivity index (χ4n) is 2.97. The van der Waals surface area contributed by atoms with Crippen LogP contribution in [0.25, 0.3) is 0 Å². The average Bonchev–Trinajstić information content (AvgIpc) is 3.06. The van der Waals surface area contributed by atoms with Crippen LogP contribution in [0.2, 0.25) is 0 Å². The van der Waals surface area contributed by atoms with E-state index in [0.717, 1.165) is 4.90 Å². The number of aliphatic carboxylic acids is 1. The Balaban J connectivity index is 2.02. The van der Waals surface area contributed by atoms with E-state index in [2.05, 4.69) is 5.32 Å². The van der Waals surface area contributed by atoms with Gasteiger partial charge >= 0.3 is 12.0 Å². The first-order valence-electron chi connectivity index (χ1n) is 7.49. The standard InChI is InChI=1S/C14H21N3O5/c1-3-14(4-2)12(21)17(13(22)15-14)8-10(18)16-6-5-9(7-16)11(19)20/h9H,3-8H2,1-2H3,(H,15,22)(H,19,20)/t9-/m0/s1. The van der Waals surface area contributed by atoms with Crippen molar-refractivity contribution < 1.29 is 24.3 Å². The van der Waals surface area contributed by atoms with Crippen LogP contribution in [0, 0.1) is 5.92 Å². The van der Waals surface area contributed by atoms with E-state index in [-0.39, 0.29) is 19.0 Å². The maximum absolute atomic E-state index is 12.4. The zero-order valence-corrected chi connectivity index (χ0v) is 12.8. The van der Waals surface area contributed by atoms with Gasteiger partial charge in [-0.2, -0.15) is 0 Å². The Morgan fingerprint density at radius 1 is 1.32 bits per heavy atom. The lowest BCUT2D eigenvalue weighted by molar-refractivity contribution is -0.142. The maximum Gasteiger partial charge on any atom is 0.325 e. The van der Waals surface area contributed by atoms with Gasteiger partial charge in [0.15, 0.2) is 0 Å². The Labute approximate surface area is 128 Å². The Kier molecular flexibility index (Phi) is 4.39. The molecule has 2 heterocycles. The van der Waals surface area contributed by atoms with Crippen molar-refractivity contribution in [1.82, 2.24) is 15.1 Å². The molecular formula is C14H21N3O5. The molecule has 2 fully saturated rings. The second-order valence-corrected chi connectivity index (χ2v) is 5.77. The number of carbonyl (C=O) groups is 4. The molecule has 0 bridgehead atoms. The summed E-state index contributed by atoms with van der Waals surface area (Å²) < 4.78 is 0. The molecule has 1 atom stereocenters. The van der Waals surface area contributed by atoms with Gasteiger partial charge < -0.3 is 15.3 Å². The minimum Gasteiger partial charge on any atom is -0.481 e. The molecule has 0 saturated carbocycles. The summed E-state index contributed by atoms with van der Waals surface area (Å²) in [4.78, 5) is 49.8. The number of likely N-dealkylation sites (tertiary alicyclic amines) is 1. The van der Waals surface area contributed by atoms with Crippen molar-refractivity contribution in [3.8, 4) is 0 Å². The first kappa shape index (κ1) is 16.3. The molecule has 4 amide bonds. The Hall–Kier alpha value is -2.12. The zero-order valence-electron chi connectivity index (χ0n) is 12.8. The van der Waals surface area contributed by atoms with Gasteiger partial charge in [0.25, 0.3) is 5.91 Å². The third-order valence-electron chi connectivity index (χ3n) is 4.64. The van der Waals surface area contributed by atoms with E-state index in [0.29, 0.717) is 25.8 Å². The highest BCUT2D eigenvalue weighted by molar-refractivity contribution is 6.09. The van der Waals surface area contributed by atoms with Crippen LogP contribution in [0.5, 0.6) is 0 Å². The van der Waals surface area contributed by atoms with E-state index in [4.69, 9.17) is 5.11 Å². The summed E-state index contributed by atoms with van der Waals surface area (Å²) in [5.74, 6) is -2.28. The fraction of sp³-hybridized carbons (Fsp3) is 0.714. The number of hydrogen-bond donors (Lipinski definition) is 2. The van der Waals surface area contributed by atoms with Crippen molar-refractivity contribution in [2.75, 3.05) is 19.6 Å². The van der Waals surface area contributed by atoms with Gasteiger partial charge in [-0.1, -0.05) is 13.8 Å². The van der Waals surface area contributed by atoms with Crippen LogP contribution in [-0.2, 0) is 14.4 Å². The summed E-state index contributed by atoms with van der Waals surface area (Å²) in [7, 11) is 0. The van der Waals surface area contributed by atoms with Crippen LogP contribution in [0.15, 0.2) is 0 Å². The number of carboxylic acid groups (broad SMARTS) is 1. The normalized spacial score (nSPS) is 23.8.